The molecule has 11 heteroatoms. The van der Waals surface area contributed by atoms with Crippen molar-refractivity contribution < 1.29 is 23.9 Å². The van der Waals surface area contributed by atoms with E-state index in [0.717, 1.165) is 6.42 Å². The third-order valence-electron chi connectivity index (χ3n) is 5.58. The van der Waals surface area contributed by atoms with E-state index in [-0.39, 0.29) is 42.9 Å². The van der Waals surface area contributed by atoms with Crippen LogP contribution in [0.2, 0.25) is 5.02 Å². The number of hydrogen-bond donors (Lipinski definition) is 0. The molecule has 0 spiro atoms. The third kappa shape index (κ3) is 5.65. The molecule has 10 nitrogen and oxygen atoms in total. The molecule has 3 aromatic rings. The molecule has 4 rings (SSSR count). The molecule has 180 valence electrons. The maximum absolute atomic E-state index is 13.3. The number of fused-ring (bicyclic) bond motifs is 1. The first-order valence-electron chi connectivity index (χ1n) is 10.9. The van der Waals surface area contributed by atoms with E-state index in [9.17, 15) is 20.2 Å². The van der Waals surface area contributed by atoms with Gasteiger partial charge >= 0.3 is 5.69 Å². The zero-order valence-electron chi connectivity index (χ0n) is 18.6. The lowest BCUT2D eigenvalue weighted by Gasteiger charge is -2.28. The number of nitro benzene ring substituents is 1. The topological polar surface area (TPSA) is 137 Å². The van der Waals surface area contributed by atoms with Gasteiger partial charge in [-0.1, -0.05) is 23.7 Å². The van der Waals surface area contributed by atoms with Gasteiger partial charge < -0.3 is 14.2 Å². The highest BCUT2D eigenvalue weighted by atomic mass is 35.5. The zero-order chi connectivity index (χ0) is 24.8. The summed E-state index contributed by atoms with van der Waals surface area (Å²) >= 11 is 5.96. The fourth-order valence-electron chi connectivity index (χ4n) is 3.84. The minimum Gasteiger partial charge on any atom is -0.476 e. The van der Waals surface area contributed by atoms with Crippen LogP contribution >= 0.6 is 11.6 Å². The van der Waals surface area contributed by atoms with Gasteiger partial charge in [-0.15, -0.1) is 0 Å². The van der Waals surface area contributed by atoms with Crippen LogP contribution in [0.25, 0.3) is 11.0 Å². The van der Waals surface area contributed by atoms with Crippen LogP contribution in [0.3, 0.4) is 0 Å². The lowest BCUT2D eigenvalue weighted by Crippen LogP contribution is -2.46. The lowest BCUT2D eigenvalue weighted by molar-refractivity contribution is -0.386. The summed E-state index contributed by atoms with van der Waals surface area (Å²) in [5, 5.41) is 22.0. The molecule has 2 unspecified atom stereocenters. The number of carbonyl (C=O) groups excluding carboxylic acids is 1. The molecule has 0 amide bonds. The average Bonchev–Trinajstić information content (AvgIpc) is 3.36. The Hall–Kier alpha value is -3.81. The quantitative estimate of drug-likeness (QED) is 0.294. The summed E-state index contributed by atoms with van der Waals surface area (Å²) in [4.78, 5) is 32.7. The van der Waals surface area contributed by atoms with Crippen molar-refractivity contribution in [3.63, 3.8) is 0 Å². The number of ether oxygens (including phenoxy) is 3. The molecule has 2 heterocycles. The molecule has 2 atom stereocenters. The monoisotopic (exact) mass is 496 g/mol. The van der Waals surface area contributed by atoms with Crippen LogP contribution in [0.1, 0.15) is 25.7 Å². The number of carbonyl (C=O) groups is 1. The first kappa shape index (κ1) is 24.3. The molecule has 35 heavy (non-hydrogen) atoms. The number of rotatable bonds is 10. The normalized spacial score (nSPS) is 16.9. The second-order valence-corrected chi connectivity index (χ2v) is 8.40. The number of halogens is 1. The highest BCUT2D eigenvalue weighted by Crippen LogP contribution is 2.34. The minimum atomic E-state index is -1.98. The number of nitro groups is 1. The van der Waals surface area contributed by atoms with Gasteiger partial charge in [0.05, 0.1) is 34.9 Å². The molecular formula is C24H21ClN4O6. The van der Waals surface area contributed by atoms with Gasteiger partial charge in [-0.3, -0.25) is 14.9 Å². The highest BCUT2D eigenvalue weighted by molar-refractivity contribution is 6.31. The number of ketones is 1. The van der Waals surface area contributed by atoms with Crippen molar-refractivity contribution in [3.05, 3.63) is 63.8 Å². The summed E-state index contributed by atoms with van der Waals surface area (Å²) in [5.41, 5.74) is -1.15. The SMILES string of the molecule is N#CC(CC1CCCO1)(Oc1ccccc1[N+](=O)[O-])C(=O)CCOc1cnc2cc(Cl)ccc2n1. The number of nitrogens with zero attached hydrogens (tertiary/aromatic N) is 4. The molecule has 0 aliphatic carbocycles. The van der Waals surface area contributed by atoms with Crippen molar-refractivity contribution in [1.29, 1.82) is 5.26 Å². The number of Topliss-reactive ketones (excluding diaryl/α,β-unsaturated/α-hetero) is 1. The van der Waals surface area contributed by atoms with E-state index in [1.165, 1.54) is 30.5 Å². The summed E-state index contributed by atoms with van der Waals surface area (Å²) in [7, 11) is 0. The van der Waals surface area contributed by atoms with Gasteiger partial charge in [0, 0.05) is 30.5 Å². The van der Waals surface area contributed by atoms with Gasteiger partial charge in [0.1, 0.15) is 6.07 Å². The highest BCUT2D eigenvalue weighted by Gasteiger charge is 2.45. The Morgan fingerprint density at radius 1 is 1.31 bits per heavy atom. The fraction of sp³-hybridized carbons (Fsp3) is 0.333. The Balaban J connectivity index is 1.51. The molecule has 2 aromatic carbocycles. The Bertz CT molecular complexity index is 1290. The van der Waals surface area contributed by atoms with Crippen molar-refractivity contribution in [1.82, 2.24) is 9.97 Å². The fourth-order valence-corrected chi connectivity index (χ4v) is 4.00. The summed E-state index contributed by atoms with van der Waals surface area (Å²) in [6.45, 7) is 0.419. The van der Waals surface area contributed by atoms with Gasteiger partial charge in [0.2, 0.25) is 5.88 Å². The van der Waals surface area contributed by atoms with E-state index in [1.807, 2.05) is 6.07 Å². The Labute approximate surface area is 205 Å². The summed E-state index contributed by atoms with van der Waals surface area (Å²) in [6.07, 6.45) is 2.24. The Kier molecular flexibility index (Phi) is 7.39. The Morgan fingerprint density at radius 2 is 2.14 bits per heavy atom. The molecule has 1 fully saturated rings. The molecule has 1 aromatic heterocycles. The first-order chi connectivity index (χ1) is 16.9. The average molecular weight is 497 g/mol. The molecule has 0 N–H and O–H groups in total. The van der Waals surface area contributed by atoms with E-state index in [1.54, 1.807) is 18.2 Å². The lowest BCUT2D eigenvalue weighted by atomic mass is 9.89. The van der Waals surface area contributed by atoms with Crippen LogP contribution < -0.4 is 9.47 Å². The van der Waals surface area contributed by atoms with Gasteiger partial charge in [0.15, 0.2) is 11.5 Å². The van der Waals surface area contributed by atoms with Gasteiger partial charge in [0.25, 0.3) is 5.60 Å². The number of benzene rings is 2. The number of para-hydroxylation sites is 2. The maximum Gasteiger partial charge on any atom is 0.311 e. The second-order valence-electron chi connectivity index (χ2n) is 7.97. The van der Waals surface area contributed by atoms with E-state index in [2.05, 4.69) is 9.97 Å². The van der Waals surface area contributed by atoms with Crippen LogP contribution in [-0.4, -0.2) is 45.6 Å². The van der Waals surface area contributed by atoms with Gasteiger partial charge in [-0.05, 0) is 37.1 Å². The van der Waals surface area contributed by atoms with Gasteiger partial charge in [-0.25, -0.2) is 9.97 Å². The number of nitriles is 1. The molecule has 1 aliphatic heterocycles. The van der Waals surface area contributed by atoms with Crippen LogP contribution in [0, 0.1) is 21.4 Å². The van der Waals surface area contributed by atoms with E-state index < -0.39 is 16.3 Å². The minimum absolute atomic E-state index is 0.0507. The summed E-state index contributed by atoms with van der Waals surface area (Å²) in [6, 6.07) is 12.6. The largest absolute Gasteiger partial charge is 0.476 e. The second kappa shape index (κ2) is 10.6. The molecule has 0 saturated carbocycles. The van der Waals surface area contributed by atoms with Crippen LogP contribution in [-0.2, 0) is 9.53 Å². The van der Waals surface area contributed by atoms with Crippen molar-refractivity contribution in [2.24, 2.45) is 0 Å². The summed E-state index contributed by atoms with van der Waals surface area (Å²) < 4.78 is 17.0. The van der Waals surface area contributed by atoms with Crippen molar-refractivity contribution in [3.8, 4) is 17.7 Å². The standard InChI is InChI=1S/C24H21ClN4O6/c25-16-7-8-18-19(12-16)27-14-23(28-18)34-11-9-22(30)24(15-26,13-17-4-3-10-33-17)35-21-6-2-1-5-20(21)29(31)32/h1-2,5-8,12,14,17H,3-4,9-11,13H2. The predicted octanol–water partition coefficient (Wildman–Crippen LogP) is 4.44. The van der Waals surface area contributed by atoms with E-state index in [4.69, 9.17) is 25.8 Å². The number of hydrogen-bond acceptors (Lipinski definition) is 9. The van der Waals surface area contributed by atoms with Crippen LogP contribution in [0.4, 0.5) is 5.69 Å². The zero-order valence-corrected chi connectivity index (χ0v) is 19.3. The number of aromatic nitrogens is 2. The van der Waals surface area contributed by atoms with Crippen molar-refractivity contribution in [2.45, 2.75) is 37.4 Å². The van der Waals surface area contributed by atoms with E-state index in [0.29, 0.717) is 29.1 Å². The Morgan fingerprint density at radius 3 is 2.89 bits per heavy atom. The first-order valence-corrected chi connectivity index (χ1v) is 11.3. The molecule has 1 saturated heterocycles. The summed E-state index contributed by atoms with van der Waals surface area (Å²) in [5.74, 6) is -0.534. The maximum atomic E-state index is 13.3. The predicted molar refractivity (Wildman–Crippen MR) is 125 cm³/mol. The van der Waals surface area contributed by atoms with Crippen molar-refractivity contribution >= 4 is 34.1 Å². The van der Waals surface area contributed by atoms with Crippen LogP contribution in [0.5, 0.6) is 11.6 Å². The molecule has 0 radical (unpaired) electrons. The smallest absolute Gasteiger partial charge is 0.311 e. The van der Waals surface area contributed by atoms with E-state index >= 15 is 0 Å². The van der Waals surface area contributed by atoms with Gasteiger partial charge in [-0.2, -0.15) is 5.26 Å². The van der Waals surface area contributed by atoms with Crippen molar-refractivity contribution in [2.75, 3.05) is 13.2 Å². The molecule has 1 aliphatic rings. The molecular weight excluding hydrogens is 476 g/mol. The molecule has 0 bridgehead atoms. The van der Waals surface area contributed by atoms with Crippen LogP contribution in [0.15, 0.2) is 48.7 Å². The third-order valence-corrected chi connectivity index (χ3v) is 5.81.